The Bertz CT molecular complexity index is 1230. The lowest BCUT2D eigenvalue weighted by atomic mass is 9.97. The third-order valence-corrected chi connectivity index (χ3v) is 7.14. The van der Waals surface area contributed by atoms with Crippen LogP contribution < -0.4 is 25.0 Å². The summed E-state index contributed by atoms with van der Waals surface area (Å²) in [6, 6.07) is 14.9. The van der Waals surface area contributed by atoms with Gasteiger partial charge in [0.25, 0.3) is 5.91 Å². The van der Waals surface area contributed by atoms with Gasteiger partial charge in [0.05, 0.1) is 31.3 Å². The maximum Gasteiger partial charge on any atom is 0.261 e. The van der Waals surface area contributed by atoms with E-state index in [-0.39, 0.29) is 18.4 Å². The zero-order chi connectivity index (χ0) is 27.9. The quantitative estimate of drug-likeness (QED) is 0.363. The molecule has 1 atom stereocenters. The Kier molecular flexibility index (Phi) is 9.52. The van der Waals surface area contributed by atoms with Crippen LogP contribution in [0.2, 0.25) is 0 Å². The van der Waals surface area contributed by atoms with E-state index in [0.29, 0.717) is 34.0 Å². The van der Waals surface area contributed by atoms with Crippen LogP contribution in [0.4, 0.5) is 5.69 Å². The largest absolute Gasteiger partial charge is 0.497 e. The number of hydrogen-bond donors (Lipinski definition) is 2. The van der Waals surface area contributed by atoms with Crippen molar-refractivity contribution in [1.29, 1.82) is 0 Å². The van der Waals surface area contributed by atoms with Crippen molar-refractivity contribution in [1.82, 2.24) is 10.6 Å². The second-order valence-electron chi connectivity index (χ2n) is 9.53. The number of amides is 3. The van der Waals surface area contributed by atoms with Crippen LogP contribution in [0.3, 0.4) is 0 Å². The van der Waals surface area contributed by atoms with Crippen molar-refractivity contribution in [2.45, 2.75) is 45.7 Å². The van der Waals surface area contributed by atoms with E-state index in [1.54, 1.807) is 35.7 Å². The predicted molar refractivity (Wildman–Crippen MR) is 150 cm³/mol. The Hall–Kier alpha value is -3.85. The molecule has 0 aliphatic rings. The van der Waals surface area contributed by atoms with Crippen molar-refractivity contribution < 1.29 is 23.9 Å². The van der Waals surface area contributed by atoms with Gasteiger partial charge in [0.1, 0.15) is 17.5 Å². The van der Waals surface area contributed by atoms with E-state index < -0.39 is 17.5 Å². The molecule has 2 aromatic carbocycles. The SMILES string of the molecule is CCC(C)(C)NC(=O)C(c1ccc(C)cc1)N(C(=O)CNC(=O)c1cccs1)c1cc(OC)cc(OC)c1. The van der Waals surface area contributed by atoms with Crippen molar-refractivity contribution in [2.24, 2.45) is 0 Å². The standard InChI is InChI=1S/C29H35N3O5S/c1-7-29(3,4)31-28(35)26(20-12-10-19(2)11-13-20)32(21-15-22(36-5)17-23(16-21)37-6)25(33)18-30-27(34)24-9-8-14-38-24/h8-17,26H,7,18H2,1-6H3,(H,30,34)(H,31,35). The molecule has 0 aliphatic carbocycles. The molecule has 0 aliphatic heterocycles. The number of thiophene rings is 1. The van der Waals surface area contributed by atoms with Crippen LogP contribution in [0.5, 0.6) is 11.5 Å². The number of anilines is 1. The lowest BCUT2D eigenvalue weighted by Crippen LogP contribution is -2.52. The molecule has 3 amide bonds. The van der Waals surface area contributed by atoms with Gasteiger partial charge < -0.3 is 20.1 Å². The summed E-state index contributed by atoms with van der Waals surface area (Å²) in [6.45, 7) is 7.48. The van der Waals surface area contributed by atoms with Gasteiger partial charge in [-0.3, -0.25) is 19.3 Å². The molecule has 2 N–H and O–H groups in total. The molecule has 3 aromatic rings. The molecule has 0 bridgehead atoms. The number of carbonyl (C=O) groups is 3. The van der Waals surface area contributed by atoms with Gasteiger partial charge in [-0.1, -0.05) is 42.8 Å². The van der Waals surface area contributed by atoms with Crippen LogP contribution in [0.15, 0.2) is 60.0 Å². The van der Waals surface area contributed by atoms with E-state index in [0.717, 1.165) is 5.56 Å². The number of nitrogens with zero attached hydrogens (tertiary/aromatic N) is 1. The second-order valence-corrected chi connectivity index (χ2v) is 10.5. The molecular formula is C29H35N3O5S. The minimum atomic E-state index is -1.02. The fourth-order valence-electron chi connectivity index (χ4n) is 3.76. The topological polar surface area (TPSA) is 97.0 Å². The van der Waals surface area contributed by atoms with Crippen LogP contribution in [0.25, 0.3) is 0 Å². The molecule has 0 fully saturated rings. The van der Waals surface area contributed by atoms with E-state index in [9.17, 15) is 14.4 Å². The summed E-state index contributed by atoms with van der Waals surface area (Å²) in [6.07, 6.45) is 0.692. The molecule has 0 radical (unpaired) electrons. The van der Waals surface area contributed by atoms with E-state index >= 15 is 0 Å². The number of ether oxygens (including phenoxy) is 2. The summed E-state index contributed by atoms with van der Waals surface area (Å²) in [5.41, 5.74) is 1.53. The maximum absolute atomic E-state index is 13.9. The van der Waals surface area contributed by atoms with Crippen LogP contribution in [-0.4, -0.2) is 44.0 Å². The van der Waals surface area contributed by atoms with E-state index in [1.165, 1.54) is 30.5 Å². The van der Waals surface area contributed by atoms with Crippen LogP contribution >= 0.6 is 11.3 Å². The highest BCUT2D eigenvalue weighted by molar-refractivity contribution is 7.12. The molecule has 0 saturated carbocycles. The Morgan fingerprint density at radius 1 is 1.00 bits per heavy atom. The molecule has 0 saturated heterocycles. The summed E-state index contributed by atoms with van der Waals surface area (Å²) in [5.74, 6) is -0.269. The van der Waals surface area contributed by atoms with Gasteiger partial charge in [0.15, 0.2) is 0 Å². The number of carbonyl (C=O) groups excluding carboxylic acids is 3. The van der Waals surface area contributed by atoms with Crippen LogP contribution in [-0.2, 0) is 9.59 Å². The fraction of sp³-hybridized carbons (Fsp3) is 0.345. The number of hydrogen-bond acceptors (Lipinski definition) is 6. The van der Waals surface area contributed by atoms with Crippen molar-refractivity contribution in [2.75, 3.05) is 25.7 Å². The lowest BCUT2D eigenvalue weighted by Gasteiger charge is -2.35. The van der Waals surface area contributed by atoms with Gasteiger partial charge in [0, 0.05) is 23.7 Å². The van der Waals surface area contributed by atoms with E-state index in [2.05, 4.69) is 10.6 Å². The predicted octanol–water partition coefficient (Wildman–Crippen LogP) is 4.88. The first-order valence-corrected chi connectivity index (χ1v) is 13.2. The Morgan fingerprint density at radius 3 is 2.16 bits per heavy atom. The van der Waals surface area contributed by atoms with Crippen molar-refractivity contribution in [3.8, 4) is 11.5 Å². The number of nitrogens with one attached hydrogen (secondary N) is 2. The highest BCUT2D eigenvalue weighted by Gasteiger charge is 2.35. The smallest absolute Gasteiger partial charge is 0.261 e. The van der Waals surface area contributed by atoms with Gasteiger partial charge in [-0.25, -0.2) is 0 Å². The third kappa shape index (κ3) is 7.13. The average Bonchev–Trinajstić information content (AvgIpc) is 3.45. The highest BCUT2D eigenvalue weighted by Crippen LogP contribution is 2.34. The molecule has 202 valence electrons. The molecule has 1 heterocycles. The minimum absolute atomic E-state index is 0.316. The molecule has 38 heavy (non-hydrogen) atoms. The Morgan fingerprint density at radius 2 is 1.63 bits per heavy atom. The number of aryl methyl sites for hydroxylation is 1. The average molecular weight is 538 g/mol. The minimum Gasteiger partial charge on any atom is -0.497 e. The number of rotatable bonds is 11. The van der Waals surface area contributed by atoms with Crippen molar-refractivity contribution in [3.63, 3.8) is 0 Å². The highest BCUT2D eigenvalue weighted by atomic mass is 32.1. The zero-order valence-electron chi connectivity index (χ0n) is 22.7. The van der Waals surface area contributed by atoms with Crippen LogP contribution in [0, 0.1) is 6.92 Å². The summed E-state index contributed by atoms with van der Waals surface area (Å²) < 4.78 is 10.9. The molecule has 1 unspecified atom stereocenters. The fourth-order valence-corrected chi connectivity index (χ4v) is 4.40. The Balaban J connectivity index is 2.11. The lowest BCUT2D eigenvalue weighted by molar-refractivity contribution is -0.127. The van der Waals surface area contributed by atoms with Crippen molar-refractivity contribution in [3.05, 3.63) is 76.0 Å². The van der Waals surface area contributed by atoms with Gasteiger partial charge in [-0.15, -0.1) is 11.3 Å². The first-order chi connectivity index (χ1) is 18.1. The first-order valence-electron chi connectivity index (χ1n) is 12.3. The first kappa shape index (κ1) is 28.7. The zero-order valence-corrected chi connectivity index (χ0v) is 23.5. The number of methoxy groups -OCH3 is 2. The van der Waals surface area contributed by atoms with Crippen molar-refractivity contribution >= 4 is 34.7 Å². The second kappa shape index (κ2) is 12.6. The maximum atomic E-state index is 13.9. The van der Waals surface area contributed by atoms with Gasteiger partial charge in [0.2, 0.25) is 11.8 Å². The molecule has 8 nitrogen and oxygen atoms in total. The number of benzene rings is 2. The molecule has 3 rings (SSSR count). The summed E-state index contributed by atoms with van der Waals surface area (Å²) >= 11 is 1.28. The van der Waals surface area contributed by atoms with Gasteiger partial charge >= 0.3 is 0 Å². The summed E-state index contributed by atoms with van der Waals surface area (Å²) in [7, 11) is 3.03. The molecule has 9 heteroatoms. The molecule has 0 spiro atoms. The molecular weight excluding hydrogens is 502 g/mol. The summed E-state index contributed by atoms with van der Waals surface area (Å²) in [5, 5.41) is 7.57. The molecule has 1 aromatic heterocycles. The summed E-state index contributed by atoms with van der Waals surface area (Å²) in [4.78, 5) is 42.3. The normalized spacial score (nSPS) is 11.8. The van der Waals surface area contributed by atoms with Gasteiger partial charge in [-0.2, -0.15) is 0 Å². The van der Waals surface area contributed by atoms with Gasteiger partial charge in [-0.05, 0) is 44.2 Å². The van der Waals surface area contributed by atoms with Crippen LogP contribution in [0.1, 0.15) is 54.0 Å². The third-order valence-electron chi connectivity index (χ3n) is 6.27. The Labute approximate surface area is 228 Å². The monoisotopic (exact) mass is 537 g/mol. The van der Waals surface area contributed by atoms with E-state index in [4.69, 9.17) is 9.47 Å². The van der Waals surface area contributed by atoms with E-state index in [1.807, 2.05) is 52.0 Å².